The van der Waals surface area contributed by atoms with Crippen LogP contribution in [0.2, 0.25) is 0 Å². The second-order valence-electron chi connectivity index (χ2n) is 11.2. The predicted octanol–water partition coefficient (Wildman–Crippen LogP) is 5.08. The molecule has 1 amide bonds. The van der Waals surface area contributed by atoms with Crippen LogP contribution in [-0.4, -0.2) is 46.7 Å². The first kappa shape index (κ1) is 26.8. The van der Waals surface area contributed by atoms with Gasteiger partial charge in [0.05, 0.1) is 10.9 Å². The first-order chi connectivity index (χ1) is 17.6. The lowest BCUT2D eigenvalue weighted by Crippen LogP contribution is -2.46. The summed E-state index contributed by atoms with van der Waals surface area (Å²) in [6.07, 6.45) is 2.05. The quantitative estimate of drug-likeness (QED) is 0.482. The van der Waals surface area contributed by atoms with Crippen molar-refractivity contribution in [3.05, 3.63) is 76.1 Å². The molecule has 2 atom stereocenters. The molecule has 7 nitrogen and oxygen atoms in total. The molecule has 3 aromatic rings. The highest BCUT2D eigenvalue weighted by molar-refractivity contribution is 5.77. The Morgan fingerprint density at radius 1 is 1.19 bits per heavy atom. The summed E-state index contributed by atoms with van der Waals surface area (Å²) in [7, 11) is 2.07. The molecule has 2 unspecified atom stereocenters. The highest BCUT2D eigenvalue weighted by atomic mass is 19.1. The number of carbonyl (C=O) groups is 1. The minimum absolute atomic E-state index is 0.0244. The van der Waals surface area contributed by atoms with E-state index in [-0.39, 0.29) is 29.5 Å². The van der Waals surface area contributed by atoms with Crippen molar-refractivity contribution in [2.75, 3.05) is 20.1 Å². The number of halogens is 1. The number of benzene rings is 2. The van der Waals surface area contributed by atoms with Crippen LogP contribution >= 0.6 is 0 Å². The van der Waals surface area contributed by atoms with E-state index < -0.39 is 11.9 Å². The lowest BCUT2D eigenvalue weighted by atomic mass is 9.85. The summed E-state index contributed by atoms with van der Waals surface area (Å²) in [5, 5.41) is 3.30. The van der Waals surface area contributed by atoms with Crippen LogP contribution in [-0.2, 0) is 17.9 Å². The van der Waals surface area contributed by atoms with Crippen LogP contribution in [0, 0.1) is 11.2 Å². The molecule has 198 valence electrons. The maximum absolute atomic E-state index is 14.1. The number of nitrogens with zero attached hydrogens (tertiary/aromatic N) is 3. The minimum atomic E-state index is -0.456. The van der Waals surface area contributed by atoms with Crippen LogP contribution in [0.4, 0.5) is 9.18 Å². The summed E-state index contributed by atoms with van der Waals surface area (Å²) in [6, 6.07) is 13.8. The van der Waals surface area contributed by atoms with Crippen molar-refractivity contribution < 1.29 is 13.9 Å². The standard InChI is InChI=1S/C29H37FN4O3/c1-29(2,3)19-34-26(32-24-17-21(30)12-13-22(24)27(34)35)23-11-8-16-33(4)25(23)14-15-31-28(36)37-18-20-9-6-5-7-10-20/h5-7,9-10,12-13,17,23,25H,8,11,14-16,18-19H2,1-4H3,(H,31,36). The minimum Gasteiger partial charge on any atom is -0.445 e. The number of rotatable bonds is 7. The number of alkyl carbamates (subject to hydrolysis) is 1. The number of likely N-dealkylation sites (N-methyl/N-ethyl adjacent to an activating group) is 1. The van der Waals surface area contributed by atoms with E-state index in [2.05, 4.69) is 38.0 Å². The summed E-state index contributed by atoms with van der Waals surface area (Å²) in [5.41, 5.74) is 1.04. The topological polar surface area (TPSA) is 76.5 Å². The van der Waals surface area contributed by atoms with E-state index in [0.29, 0.717) is 36.2 Å². The number of aromatic nitrogens is 2. The number of nitrogens with one attached hydrogen (secondary N) is 1. The number of likely N-dealkylation sites (tertiary alicyclic amines) is 1. The molecule has 1 aromatic heterocycles. The first-order valence-electron chi connectivity index (χ1n) is 13.0. The lowest BCUT2D eigenvalue weighted by Gasteiger charge is -2.40. The van der Waals surface area contributed by atoms with E-state index in [4.69, 9.17) is 9.72 Å². The van der Waals surface area contributed by atoms with Gasteiger partial charge in [-0.25, -0.2) is 14.2 Å². The van der Waals surface area contributed by atoms with Crippen LogP contribution in [0.15, 0.2) is 53.3 Å². The summed E-state index contributed by atoms with van der Waals surface area (Å²) in [5.74, 6) is 0.263. The van der Waals surface area contributed by atoms with Gasteiger partial charge in [-0.05, 0) is 56.0 Å². The second-order valence-corrected chi connectivity index (χ2v) is 11.2. The molecule has 1 aliphatic heterocycles. The third kappa shape index (κ3) is 6.74. The number of hydrogen-bond acceptors (Lipinski definition) is 5. The Morgan fingerprint density at radius 3 is 2.68 bits per heavy atom. The normalized spacial score (nSPS) is 18.6. The summed E-state index contributed by atoms with van der Waals surface area (Å²) in [4.78, 5) is 33.0. The molecule has 4 rings (SSSR count). The molecule has 0 aliphatic carbocycles. The third-order valence-corrected chi connectivity index (χ3v) is 6.89. The highest BCUT2D eigenvalue weighted by Gasteiger charge is 2.34. The van der Waals surface area contributed by atoms with E-state index in [1.807, 2.05) is 30.3 Å². The van der Waals surface area contributed by atoms with Gasteiger partial charge >= 0.3 is 6.09 Å². The molecule has 8 heteroatoms. The molecule has 0 bridgehead atoms. The fourth-order valence-electron chi connectivity index (χ4n) is 5.17. The smallest absolute Gasteiger partial charge is 0.407 e. The van der Waals surface area contributed by atoms with Gasteiger partial charge in [0, 0.05) is 31.1 Å². The van der Waals surface area contributed by atoms with Crippen LogP contribution in [0.3, 0.4) is 0 Å². The van der Waals surface area contributed by atoms with Crippen LogP contribution < -0.4 is 10.9 Å². The molecule has 1 N–H and O–H groups in total. The van der Waals surface area contributed by atoms with Gasteiger partial charge in [0.2, 0.25) is 0 Å². The third-order valence-electron chi connectivity index (χ3n) is 6.89. The maximum atomic E-state index is 14.1. The molecule has 0 radical (unpaired) electrons. The highest BCUT2D eigenvalue weighted by Crippen LogP contribution is 2.34. The Balaban J connectivity index is 1.55. The summed E-state index contributed by atoms with van der Waals surface area (Å²) < 4.78 is 21.2. The van der Waals surface area contributed by atoms with Crippen molar-refractivity contribution in [3.63, 3.8) is 0 Å². The maximum Gasteiger partial charge on any atom is 0.407 e. The predicted molar refractivity (Wildman–Crippen MR) is 143 cm³/mol. The average molecular weight is 509 g/mol. The van der Waals surface area contributed by atoms with Crippen molar-refractivity contribution in [1.82, 2.24) is 19.8 Å². The van der Waals surface area contributed by atoms with Gasteiger partial charge in [0.25, 0.3) is 5.56 Å². The van der Waals surface area contributed by atoms with Gasteiger partial charge in [0.15, 0.2) is 0 Å². The number of amides is 1. The Morgan fingerprint density at radius 2 is 1.95 bits per heavy atom. The molecule has 0 saturated carbocycles. The molecule has 0 spiro atoms. The Labute approximate surface area is 217 Å². The van der Waals surface area contributed by atoms with E-state index >= 15 is 0 Å². The molecular formula is C29H37FN4O3. The fraction of sp³-hybridized carbons (Fsp3) is 0.483. The largest absolute Gasteiger partial charge is 0.445 e. The van der Waals surface area contributed by atoms with Crippen LogP contribution in [0.1, 0.15) is 57.3 Å². The van der Waals surface area contributed by atoms with Gasteiger partial charge in [-0.1, -0.05) is 51.1 Å². The number of ether oxygens (including phenoxy) is 1. The van der Waals surface area contributed by atoms with Gasteiger partial charge in [0.1, 0.15) is 18.2 Å². The van der Waals surface area contributed by atoms with Gasteiger partial charge < -0.3 is 15.0 Å². The van der Waals surface area contributed by atoms with E-state index in [1.54, 1.807) is 4.57 Å². The summed E-state index contributed by atoms with van der Waals surface area (Å²) >= 11 is 0. The van der Waals surface area contributed by atoms with E-state index in [9.17, 15) is 14.0 Å². The van der Waals surface area contributed by atoms with Crippen molar-refractivity contribution in [3.8, 4) is 0 Å². The van der Waals surface area contributed by atoms with E-state index in [1.165, 1.54) is 18.2 Å². The SMILES string of the molecule is CN1CCCC(c2nc3cc(F)ccc3c(=O)n2CC(C)(C)C)C1CCNC(=O)OCc1ccccc1. The van der Waals surface area contributed by atoms with Crippen molar-refractivity contribution >= 4 is 17.0 Å². The van der Waals surface area contributed by atoms with Crippen molar-refractivity contribution in [2.24, 2.45) is 5.41 Å². The van der Waals surface area contributed by atoms with Gasteiger partial charge in [-0.2, -0.15) is 0 Å². The van der Waals surface area contributed by atoms with E-state index in [0.717, 1.165) is 24.9 Å². The second kappa shape index (κ2) is 11.4. The fourth-order valence-corrected chi connectivity index (χ4v) is 5.17. The zero-order valence-electron chi connectivity index (χ0n) is 22.2. The van der Waals surface area contributed by atoms with Crippen molar-refractivity contribution in [1.29, 1.82) is 0 Å². The molecule has 37 heavy (non-hydrogen) atoms. The monoisotopic (exact) mass is 508 g/mol. The molecule has 2 aromatic carbocycles. The lowest BCUT2D eigenvalue weighted by molar-refractivity contribution is 0.128. The number of fused-ring (bicyclic) bond motifs is 1. The van der Waals surface area contributed by atoms with Crippen molar-refractivity contribution in [2.45, 2.75) is 65.1 Å². The number of carbonyl (C=O) groups excluding carboxylic acids is 1. The molecular weight excluding hydrogens is 471 g/mol. The molecule has 1 saturated heterocycles. The van der Waals surface area contributed by atoms with Gasteiger partial charge in [-0.15, -0.1) is 0 Å². The van der Waals surface area contributed by atoms with Gasteiger partial charge in [-0.3, -0.25) is 9.36 Å². The first-order valence-corrected chi connectivity index (χ1v) is 13.0. The molecule has 2 heterocycles. The Bertz CT molecular complexity index is 1290. The molecule has 1 fully saturated rings. The number of hydrogen-bond donors (Lipinski definition) is 1. The zero-order valence-corrected chi connectivity index (χ0v) is 22.2. The Kier molecular flexibility index (Phi) is 8.27. The molecule has 1 aliphatic rings. The average Bonchev–Trinajstić information content (AvgIpc) is 2.85. The Hall–Kier alpha value is -3.26. The van der Waals surface area contributed by atoms with Crippen LogP contribution in [0.25, 0.3) is 10.9 Å². The zero-order chi connectivity index (χ0) is 26.6. The number of piperidine rings is 1. The van der Waals surface area contributed by atoms with Crippen LogP contribution in [0.5, 0.6) is 0 Å². The summed E-state index contributed by atoms with van der Waals surface area (Å²) in [6.45, 7) is 8.36.